The molecule has 0 bridgehead atoms. The number of ether oxygens (including phenoxy) is 2. The van der Waals surface area contributed by atoms with Crippen LogP contribution in [-0.4, -0.2) is 59.0 Å². The molecule has 9 nitrogen and oxygen atoms in total. The topological polar surface area (TPSA) is 144 Å². The number of carboxylic acid groups (broad SMARTS) is 1. The first-order valence-electron chi connectivity index (χ1n) is 9.74. The number of hydrogen-bond donors (Lipinski definition) is 2. The van der Waals surface area contributed by atoms with Gasteiger partial charge in [0.15, 0.2) is 0 Å². The van der Waals surface area contributed by atoms with Crippen LogP contribution in [0.25, 0.3) is 0 Å². The number of esters is 2. The fraction of sp³-hybridized carbons (Fsp3) is 0.591. The fourth-order valence-corrected chi connectivity index (χ4v) is 3.18. The lowest BCUT2D eigenvalue weighted by Crippen LogP contribution is -2.45. The Hall–Kier alpha value is -2.81. The van der Waals surface area contributed by atoms with Gasteiger partial charge in [0, 0.05) is 25.3 Å². The zero-order valence-electron chi connectivity index (χ0n) is 18.5. The third kappa shape index (κ3) is 7.75. The van der Waals surface area contributed by atoms with Crippen LogP contribution >= 0.6 is 0 Å². The quantitative estimate of drug-likeness (QED) is 0.329. The van der Waals surface area contributed by atoms with E-state index in [1.165, 1.54) is 46.1 Å². The van der Waals surface area contributed by atoms with E-state index in [9.17, 15) is 34.2 Å². The van der Waals surface area contributed by atoms with Crippen molar-refractivity contribution in [2.24, 2.45) is 10.8 Å². The van der Waals surface area contributed by atoms with E-state index < -0.39 is 52.3 Å². The van der Waals surface area contributed by atoms with Crippen molar-refractivity contribution in [2.45, 2.75) is 59.0 Å². The van der Waals surface area contributed by atoms with Gasteiger partial charge in [0.05, 0.1) is 30.0 Å². The molecule has 0 amide bonds. The molecular formula is C22H30O9. The van der Waals surface area contributed by atoms with Gasteiger partial charge in [0.1, 0.15) is 18.2 Å². The highest BCUT2D eigenvalue weighted by Gasteiger charge is 2.44. The Morgan fingerprint density at radius 1 is 1.23 bits per heavy atom. The van der Waals surface area contributed by atoms with Crippen LogP contribution in [0.3, 0.4) is 0 Å². The molecule has 1 fully saturated rings. The molecule has 0 aromatic carbocycles. The lowest BCUT2D eigenvalue weighted by Gasteiger charge is -2.34. The van der Waals surface area contributed by atoms with Crippen LogP contribution in [0.2, 0.25) is 0 Å². The maximum Gasteiger partial charge on any atom is 0.330 e. The second kappa shape index (κ2) is 10.00. The molecule has 1 aliphatic heterocycles. The summed E-state index contributed by atoms with van der Waals surface area (Å²) in [6.07, 6.45) is 2.47. The van der Waals surface area contributed by atoms with E-state index in [4.69, 9.17) is 4.74 Å². The molecule has 0 saturated carbocycles. The van der Waals surface area contributed by atoms with Gasteiger partial charge in [-0.25, -0.2) is 4.79 Å². The van der Waals surface area contributed by atoms with Gasteiger partial charge in [-0.2, -0.15) is 0 Å². The third-order valence-corrected chi connectivity index (χ3v) is 5.19. The number of allylic oxidation sites excluding steroid dienone is 2. The molecule has 0 aliphatic carbocycles. The Morgan fingerprint density at radius 2 is 1.84 bits per heavy atom. The summed E-state index contributed by atoms with van der Waals surface area (Å²) in [4.78, 5) is 60.4. The van der Waals surface area contributed by atoms with Crippen LogP contribution in [0.5, 0.6) is 0 Å². The van der Waals surface area contributed by atoms with Crippen molar-refractivity contribution in [3.63, 3.8) is 0 Å². The molecule has 172 valence electrons. The molecule has 3 atom stereocenters. The molecule has 2 N–H and O–H groups in total. The molecule has 1 saturated heterocycles. The van der Waals surface area contributed by atoms with Crippen LogP contribution in [0.15, 0.2) is 23.8 Å². The lowest BCUT2D eigenvalue weighted by molar-refractivity contribution is -0.162. The maximum absolute atomic E-state index is 12.8. The van der Waals surface area contributed by atoms with Crippen LogP contribution < -0.4 is 0 Å². The summed E-state index contributed by atoms with van der Waals surface area (Å²) in [5.41, 5.74) is -4.12. The number of carbonyl (C=O) groups is 5. The Labute approximate surface area is 181 Å². The largest absolute Gasteiger partial charge is 0.481 e. The first-order valence-corrected chi connectivity index (χ1v) is 9.74. The monoisotopic (exact) mass is 438 g/mol. The number of cyclic esters (lactones) is 1. The molecule has 3 unspecified atom stereocenters. The SMILES string of the molecule is COC(=O)/C=C(C)\C=C\C(C)(CC(=O)CC1(C)COC(=O)CC(C)(O)CC1=O)C(=O)O. The molecule has 0 aromatic heterocycles. The fourth-order valence-electron chi connectivity index (χ4n) is 3.18. The summed E-state index contributed by atoms with van der Waals surface area (Å²) in [5.74, 6) is -3.50. The van der Waals surface area contributed by atoms with E-state index in [2.05, 4.69) is 4.74 Å². The number of hydrogen-bond acceptors (Lipinski definition) is 8. The summed E-state index contributed by atoms with van der Waals surface area (Å²) in [6, 6.07) is 0. The first kappa shape index (κ1) is 26.2. The summed E-state index contributed by atoms with van der Waals surface area (Å²) < 4.78 is 9.56. The van der Waals surface area contributed by atoms with Crippen molar-refractivity contribution in [1.82, 2.24) is 0 Å². The van der Waals surface area contributed by atoms with Gasteiger partial charge in [0.25, 0.3) is 0 Å². The smallest absolute Gasteiger partial charge is 0.330 e. The van der Waals surface area contributed by atoms with Crippen molar-refractivity contribution in [3.8, 4) is 0 Å². The zero-order valence-corrected chi connectivity index (χ0v) is 18.5. The van der Waals surface area contributed by atoms with Gasteiger partial charge in [-0.3, -0.25) is 19.2 Å². The molecule has 1 heterocycles. The van der Waals surface area contributed by atoms with E-state index in [1.807, 2.05) is 0 Å². The van der Waals surface area contributed by atoms with E-state index >= 15 is 0 Å². The summed E-state index contributed by atoms with van der Waals surface area (Å²) >= 11 is 0. The Bertz CT molecular complexity index is 821. The number of ketones is 2. The van der Waals surface area contributed by atoms with Crippen molar-refractivity contribution in [2.75, 3.05) is 13.7 Å². The minimum absolute atomic E-state index is 0.320. The van der Waals surface area contributed by atoms with Crippen molar-refractivity contribution in [3.05, 3.63) is 23.8 Å². The second-order valence-corrected chi connectivity index (χ2v) is 8.85. The summed E-state index contributed by atoms with van der Waals surface area (Å²) in [7, 11) is 1.21. The number of carbonyl (C=O) groups excluding carboxylic acids is 4. The predicted octanol–water partition coefficient (Wildman–Crippen LogP) is 1.77. The van der Waals surface area contributed by atoms with Crippen molar-refractivity contribution in [1.29, 1.82) is 0 Å². The van der Waals surface area contributed by atoms with Crippen LogP contribution in [0.4, 0.5) is 0 Å². The molecule has 0 aromatic rings. The molecular weight excluding hydrogens is 408 g/mol. The van der Waals surface area contributed by atoms with E-state index in [-0.39, 0.29) is 25.9 Å². The lowest BCUT2D eigenvalue weighted by atomic mass is 9.73. The Kier molecular flexibility index (Phi) is 8.46. The minimum atomic E-state index is -1.59. The highest BCUT2D eigenvalue weighted by molar-refractivity contribution is 5.94. The highest BCUT2D eigenvalue weighted by atomic mass is 16.5. The molecule has 0 spiro atoms. The minimum Gasteiger partial charge on any atom is -0.481 e. The van der Waals surface area contributed by atoms with Crippen LogP contribution in [0, 0.1) is 10.8 Å². The average Bonchev–Trinajstić information content (AvgIpc) is 2.62. The second-order valence-electron chi connectivity index (χ2n) is 8.85. The van der Waals surface area contributed by atoms with Crippen molar-refractivity contribution < 1.29 is 43.7 Å². The van der Waals surface area contributed by atoms with E-state index in [0.717, 1.165) is 0 Å². The first-order chi connectivity index (χ1) is 14.1. The van der Waals surface area contributed by atoms with Gasteiger partial charge < -0.3 is 19.7 Å². The highest BCUT2D eigenvalue weighted by Crippen LogP contribution is 2.34. The molecule has 9 heteroatoms. The number of aliphatic carboxylic acids is 1. The standard InChI is InChI=1S/C22H30O9/c1-14(8-17(25)30-5)6-7-20(2,19(27)28)9-15(23)10-21(3)13-31-18(26)12-22(4,29)11-16(21)24/h6-8,29H,9-13H2,1-5H3,(H,27,28)/b7-6+,14-8-. The van der Waals surface area contributed by atoms with Gasteiger partial charge >= 0.3 is 17.9 Å². The van der Waals surface area contributed by atoms with Crippen LogP contribution in [-0.2, 0) is 33.4 Å². The van der Waals surface area contributed by atoms with E-state index in [0.29, 0.717) is 5.57 Å². The Balaban J connectivity index is 3.02. The predicted molar refractivity (Wildman–Crippen MR) is 109 cm³/mol. The number of carboxylic acids is 1. The van der Waals surface area contributed by atoms with Gasteiger partial charge in [-0.15, -0.1) is 0 Å². The molecule has 1 aliphatic rings. The molecule has 1 rings (SSSR count). The van der Waals surface area contributed by atoms with Gasteiger partial charge in [0.2, 0.25) is 0 Å². The maximum atomic E-state index is 12.8. The third-order valence-electron chi connectivity index (χ3n) is 5.19. The normalized spacial score (nSPS) is 27.1. The average molecular weight is 438 g/mol. The summed E-state index contributed by atoms with van der Waals surface area (Å²) in [5, 5.41) is 19.9. The Morgan fingerprint density at radius 3 is 2.39 bits per heavy atom. The van der Waals surface area contributed by atoms with Gasteiger partial charge in [-0.05, 0) is 33.3 Å². The number of Topliss-reactive ketones (excluding diaryl/α,β-unsaturated/α-hetero) is 2. The molecule has 31 heavy (non-hydrogen) atoms. The number of methoxy groups -OCH3 is 1. The number of aliphatic hydroxyl groups is 1. The van der Waals surface area contributed by atoms with Crippen molar-refractivity contribution >= 4 is 29.5 Å². The molecule has 0 radical (unpaired) electrons. The number of rotatable bonds is 8. The zero-order chi connectivity index (χ0) is 24.0. The van der Waals surface area contributed by atoms with Gasteiger partial charge in [-0.1, -0.05) is 12.2 Å². The van der Waals surface area contributed by atoms with E-state index in [1.54, 1.807) is 6.92 Å². The summed E-state index contributed by atoms with van der Waals surface area (Å²) in [6.45, 7) is 5.40. The van der Waals surface area contributed by atoms with Crippen LogP contribution in [0.1, 0.15) is 53.4 Å².